The van der Waals surface area contributed by atoms with Crippen LogP contribution >= 0.6 is 0 Å². The molecule has 1 amide bonds. The van der Waals surface area contributed by atoms with Crippen molar-refractivity contribution in [1.82, 2.24) is 4.90 Å². The standard InChI is InChI=1S/C27H33NO3/c1-27(2,3)31-26(30)28-23-10-7-11-24(28)18-22(17-23)25(29)16-19-12-14-21(15-13-19)20-8-5-4-6-9-20/h4-6,8-9,12-15,22-24H,7,10-11,16-18H2,1-3H3. The van der Waals surface area contributed by atoms with Crippen LogP contribution in [0.5, 0.6) is 0 Å². The molecule has 0 saturated carbocycles. The van der Waals surface area contributed by atoms with E-state index in [-0.39, 0.29) is 24.1 Å². The van der Waals surface area contributed by atoms with E-state index in [1.54, 1.807) is 0 Å². The van der Waals surface area contributed by atoms with Gasteiger partial charge in [0.25, 0.3) is 0 Å². The summed E-state index contributed by atoms with van der Waals surface area (Å²) in [6.07, 6.45) is 4.82. The molecule has 2 heterocycles. The van der Waals surface area contributed by atoms with Crippen LogP contribution in [-0.2, 0) is 16.0 Å². The highest BCUT2D eigenvalue weighted by molar-refractivity contribution is 5.84. The summed E-state index contributed by atoms with van der Waals surface area (Å²) in [5.74, 6) is 0.330. The van der Waals surface area contributed by atoms with Crippen LogP contribution in [-0.4, -0.2) is 34.5 Å². The van der Waals surface area contributed by atoms with Gasteiger partial charge in [0, 0.05) is 24.4 Å². The summed E-state index contributed by atoms with van der Waals surface area (Å²) < 4.78 is 5.65. The van der Waals surface area contributed by atoms with Gasteiger partial charge in [-0.2, -0.15) is 0 Å². The molecule has 0 aromatic heterocycles. The minimum atomic E-state index is -0.496. The van der Waals surface area contributed by atoms with E-state index in [4.69, 9.17) is 4.74 Å². The number of nitrogens with zero attached hydrogens (tertiary/aromatic N) is 1. The highest BCUT2D eigenvalue weighted by Crippen LogP contribution is 2.38. The van der Waals surface area contributed by atoms with Gasteiger partial charge in [-0.3, -0.25) is 4.79 Å². The van der Waals surface area contributed by atoms with Crippen LogP contribution in [0.4, 0.5) is 4.79 Å². The lowest BCUT2D eigenvalue weighted by atomic mass is 9.76. The third kappa shape index (κ3) is 5.17. The molecule has 2 unspecified atom stereocenters. The lowest BCUT2D eigenvalue weighted by molar-refractivity contribution is -0.126. The molecule has 2 aromatic carbocycles. The number of hydrogen-bond acceptors (Lipinski definition) is 3. The zero-order valence-electron chi connectivity index (χ0n) is 18.8. The first-order chi connectivity index (χ1) is 14.8. The maximum atomic E-state index is 13.1. The number of amides is 1. The van der Waals surface area contributed by atoms with Gasteiger partial charge in [-0.05, 0) is 69.6 Å². The van der Waals surface area contributed by atoms with Gasteiger partial charge in [0.15, 0.2) is 0 Å². The van der Waals surface area contributed by atoms with Gasteiger partial charge in [0.1, 0.15) is 11.4 Å². The fourth-order valence-electron chi connectivity index (χ4n) is 5.05. The Balaban J connectivity index is 1.39. The number of benzene rings is 2. The summed E-state index contributed by atoms with van der Waals surface area (Å²) in [4.78, 5) is 27.8. The molecule has 0 spiro atoms. The second kappa shape index (κ2) is 8.86. The van der Waals surface area contributed by atoms with Gasteiger partial charge in [0.2, 0.25) is 0 Å². The number of carbonyl (C=O) groups is 2. The van der Waals surface area contributed by atoms with Crippen molar-refractivity contribution >= 4 is 11.9 Å². The predicted molar refractivity (Wildman–Crippen MR) is 123 cm³/mol. The molecule has 2 atom stereocenters. The molecule has 2 fully saturated rings. The number of carbonyl (C=O) groups excluding carboxylic acids is 2. The van der Waals surface area contributed by atoms with Crippen LogP contribution in [0.25, 0.3) is 11.1 Å². The summed E-state index contributed by atoms with van der Waals surface area (Å²) >= 11 is 0. The van der Waals surface area contributed by atoms with Crippen molar-refractivity contribution in [1.29, 1.82) is 0 Å². The van der Waals surface area contributed by atoms with Crippen molar-refractivity contribution in [3.05, 3.63) is 60.2 Å². The van der Waals surface area contributed by atoms with Gasteiger partial charge < -0.3 is 9.64 Å². The molecule has 31 heavy (non-hydrogen) atoms. The number of piperidine rings is 2. The third-order valence-electron chi connectivity index (χ3n) is 6.47. The highest BCUT2D eigenvalue weighted by atomic mass is 16.6. The molecule has 0 aliphatic carbocycles. The van der Waals surface area contributed by atoms with Crippen molar-refractivity contribution < 1.29 is 14.3 Å². The predicted octanol–water partition coefficient (Wildman–Crippen LogP) is 6.03. The zero-order valence-corrected chi connectivity index (χ0v) is 18.8. The summed E-state index contributed by atoms with van der Waals surface area (Å²) in [5, 5.41) is 0. The molecule has 4 rings (SSSR count). The fourth-order valence-corrected chi connectivity index (χ4v) is 5.05. The number of hydrogen-bond donors (Lipinski definition) is 0. The fraction of sp³-hybridized carbons (Fsp3) is 0.481. The molecule has 2 bridgehead atoms. The maximum Gasteiger partial charge on any atom is 0.410 e. The van der Waals surface area contributed by atoms with Gasteiger partial charge in [-0.25, -0.2) is 4.79 Å². The molecular weight excluding hydrogens is 386 g/mol. The van der Waals surface area contributed by atoms with E-state index < -0.39 is 5.60 Å². The second-order valence-electron chi connectivity index (χ2n) is 10.0. The molecule has 2 aliphatic heterocycles. The molecule has 2 saturated heterocycles. The number of rotatable bonds is 4. The summed E-state index contributed by atoms with van der Waals surface area (Å²) in [6, 6.07) is 18.8. The lowest BCUT2D eigenvalue weighted by Gasteiger charge is -2.48. The number of fused-ring (bicyclic) bond motifs is 2. The van der Waals surface area contributed by atoms with Gasteiger partial charge in [-0.1, -0.05) is 54.6 Å². The van der Waals surface area contributed by atoms with E-state index in [0.717, 1.165) is 43.2 Å². The van der Waals surface area contributed by atoms with Gasteiger partial charge in [0.05, 0.1) is 0 Å². The highest BCUT2D eigenvalue weighted by Gasteiger charge is 2.44. The monoisotopic (exact) mass is 419 g/mol. The van der Waals surface area contributed by atoms with Crippen LogP contribution < -0.4 is 0 Å². The Morgan fingerprint density at radius 3 is 2.06 bits per heavy atom. The van der Waals surface area contributed by atoms with Crippen molar-refractivity contribution in [3.63, 3.8) is 0 Å². The van der Waals surface area contributed by atoms with Crippen molar-refractivity contribution in [3.8, 4) is 11.1 Å². The number of ketones is 1. The van der Waals surface area contributed by atoms with Crippen LogP contribution in [0.3, 0.4) is 0 Å². The Kier molecular flexibility index (Phi) is 6.17. The average molecular weight is 420 g/mol. The van der Waals surface area contributed by atoms with Gasteiger partial charge in [-0.15, -0.1) is 0 Å². The molecule has 0 radical (unpaired) electrons. The van der Waals surface area contributed by atoms with Crippen LogP contribution in [0, 0.1) is 5.92 Å². The SMILES string of the molecule is CC(C)(C)OC(=O)N1C2CCCC1CC(C(=O)Cc1ccc(-c3ccccc3)cc1)C2. The Morgan fingerprint density at radius 1 is 0.903 bits per heavy atom. The smallest absolute Gasteiger partial charge is 0.410 e. The summed E-state index contributed by atoms with van der Waals surface area (Å²) in [7, 11) is 0. The zero-order chi connectivity index (χ0) is 22.0. The van der Waals surface area contributed by atoms with E-state index in [1.807, 2.05) is 43.9 Å². The Bertz CT molecular complexity index is 900. The molecule has 4 heteroatoms. The van der Waals surface area contributed by atoms with Crippen molar-refractivity contribution in [2.75, 3.05) is 0 Å². The molecule has 2 aliphatic rings. The maximum absolute atomic E-state index is 13.1. The summed E-state index contributed by atoms with van der Waals surface area (Å²) in [6.45, 7) is 5.71. The first-order valence-electron chi connectivity index (χ1n) is 11.5. The molecular formula is C27H33NO3. The lowest BCUT2D eigenvalue weighted by Crippen LogP contribution is -2.56. The summed E-state index contributed by atoms with van der Waals surface area (Å²) in [5.41, 5.74) is 2.91. The Labute approximate surface area is 185 Å². The second-order valence-corrected chi connectivity index (χ2v) is 10.0. The van der Waals surface area contributed by atoms with E-state index in [1.165, 1.54) is 5.56 Å². The first kappa shape index (κ1) is 21.6. The Morgan fingerprint density at radius 2 is 1.48 bits per heavy atom. The minimum Gasteiger partial charge on any atom is -0.444 e. The third-order valence-corrected chi connectivity index (χ3v) is 6.47. The molecule has 4 nitrogen and oxygen atoms in total. The molecule has 2 aromatic rings. The normalized spacial score (nSPS) is 23.3. The number of ether oxygens (including phenoxy) is 1. The van der Waals surface area contributed by atoms with E-state index >= 15 is 0 Å². The molecule has 164 valence electrons. The number of Topliss-reactive ketones (excluding diaryl/α,β-unsaturated/α-hetero) is 1. The topological polar surface area (TPSA) is 46.6 Å². The average Bonchev–Trinajstić information content (AvgIpc) is 2.72. The first-order valence-corrected chi connectivity index (χ1v) is 11.5. The van der Waals surface area contributed by atoms with E-state index in [9.17, 15) is 9.59 Å². The van der Waals surface area contributed by atoms with Crippen LogP contribution in [0.2, 0.25) is 0 Å². The Hall–Kier alpha value is -2.62. The van der Waals surface area contributed by atoms with E-state index in [0.29, 0.717) is 12.2 Å². The van der Waals surface area contributed by atoms with Crippen molar-refractivity contribution in [2.45, 2.75) is 77.0 Å². The van der Waals surface area contributed by atoms with Crippen LogP contribution in [0.15, 0.2) is 54.6 Å². The van der Waals surface area contributed by atoms with Crippen LogP contribution in [0.1, 0.15) is 58.4 Å². The van der Waals surface area contributed by atoms with E-state index in [2.05, 4.69) is 36.4 Å². The molecule has 0 N–H and O–H groups in total. The van der Waals surface area contributed by atoms with Crippen molar-refractivity contribution in [2.24, 2.45) is 5.92 Å². The quantitative estimate of drug-likeness (QED) is 0.607. The minimum absolute atomic E-state index is 0.0304. The largest absolute Gasteiger partial charge is 0.444 e. The van der Waals surface area contributed by atoms with Gasteiger partial charge >= 0.3 is 6.09 Å².